The van der Waals surface area contributed by atoms with Gasteiger partial charge in [-0.15, -0.1) is 0 Å². The van der Waals surface area contributed by atoms with Crippen LogP contribution in [0.3, 0.4) is 0 Å². The number of fused-ring (bicyclic) bond motifs is 2. The van der Waals surface area contributed by atoms with Crippen LogP contribution in [-0.4, -0.2) is 55.2 Å². The molecule has 5 rings (SSSR count). The number of carbonyl (C=O) groups is 1. The molecule has 3 aromatic heterocycles. The maximum atomic E-state index is 13.5. The number of pyridine rings is 1. The van der Waals surface area contributed by atoms with Gasteiger partial charge in [0.05, 0.1) is 23.3 Å². The first-order chi connectivity index (χ1) is 15.5. The Kier molecular flexibility index (Phi) is 5.38. The lowest BCUT2D eigenvalue weighted by molar-refractivity contribution is 0.0716. The van der Waals surface area contributed by atoms with Gasteiger partial charge in [-0.3, -0.25) is 9.69 Å². The summed E-state index contributed by atoms with van der Waals surface area (Å²) in [6.07, 6.45) is 5.22. The van der Waals surface area contributed by atoms with E-state index in [2.05, 4.69) is 14.9 Å². The van der Waals surface area contributed by atoms with E-state index in [1.54, 1.807) is 6.07 Å². The number of carbonyl (C=O) groups excluding carboxylic acids is 1. The van der Waals surface area contributed by atoms with Gasteiger partial charge < -0.3 is 14.3 Å². The van der Waals surface area contributed by atoms with Gasteiger partial charge in [0.15, 0.2) is 5.69 Å². The van der Waals surface area contributed by atoms with Crippen molar-refractivity contribution in [1.29, 1.82) is 0 Å². The zero-order chi connectivity index (χ0) is 22.2. The molecule has 0 unspecified atom stereocenters. The minimum absolute atomic E-state index is 0.00964. The van der Waals surface area contributed by atoms with E-state index in [-0.39, 0.29) is 11.7 Å². The van der Waals surface area contributed by atoms with Gasteiger partial charge in [-0.05, 0) is 63.1 Å². The molecule has 1 aliphatic heterocycles. The van der Waals surface area contributed by atoms with Crippen LogP contribution in [0.2, 0.25) is 0 Å². The van der Waals surface area contributed by atoms with Crippen molar-refractivity contribution in [1.82, 2.24) is 29.2 Å². The molecule has 1 N–H and O–H groups in total. The molecule has 7 nitrogen and oxygen atoms in total. The Morgan fingerprint density at radius 2 is 1.97 bits per heavy atom. The maximum Gasteiger partial charge on any atom is 0.274 e. The van der Waals surface area contributed by atoms with Crippen molar-refractivity contribution in [3.05, 3.63) is 65.1 Å². The fraction of sp³-hybridized carbons (Fsp3) is 0.375. The van der Waals surface area contributed by atoms with Crippen molar-refractivity contribution >= 4 is 22.6 Å². The minimum atomic E-state index is -0.289. The summed E-state index contributed by atoms with van der Waals surface area (Å²) in [6.45, 7) is 4.66. The monoisotopic (exact) mass is 434 g/mol. The maximum absolute atomic E-state index is 13.5. The Morgan fingerprint density at radius 1 is 1.16 bits per heavy atom. The number of benzene rings is 1. The predicted molar refractivity (Wildman–Crippen MR) is 121 cm³/mol. The number of likely N-dealkylation sites (tertiary alicyclic amines) is 1. The van der Waals surface area contributed by atoms with Crippen molar-refractivity contribution in [2.75, 3.05) is 20.1 Å². The molecule has 32 heavy (non-hydrogen) atoms. The van der Waals surface area contributed by atoms with Gasteiger partial charge in [0.2, 0.25) is 0 Å². The number of aryl methyl sites for hydroxylation is 1. The molecular formula is C24H27FN6O. The molecule has 166 valence electrons. The van der Waals surface area contributed by atoms with Crippen molar-refractivity contribution in [2.45, 2.75) is 39.3 Å². The summed E-state index contributed by atoms with van der Waals surface area (Å²) >= 11 is 0. The van der Waals surface area contributed by atoms with Crippen molar-refractivity contribution in [3.63, 3.8) is 0 Å². The number of amides is 1. The van der Waals surface area contributed by atoms with Gasteiger partial charge in [0, 0.05) is 25.8 Å². The van der Waals surface area contributed by atoms with E-state index in [0.717, 1.165) is 54.2 Å². The van der Waals surface area contributed by atoms with Crippen LogP contribution in [0.15, 0.2) is 36.5 Å². The first-order valence-corrected chi connectivity index (χ1v) is 11.1. The van der Waals surface area contributed by atoms with Crippen LogP contribution in [0.25, 0.3) is 16.7 Å². The molecule has 0 saturated carbocycles. The average molecular weight is 435 g/mol. The van der Waals surface area contributed by atoms with E-state index in [0.29, 0.717) is 24.3 Å². The highest BCUT2D eigenvalue weighted by Gasteiger charge is 2.26. The summed E-state index contributed by atoms with van der Waals surface area (Å²) in [7, 11) is 1.98. The number of H-pyrrole nitrogens is 1. The summed E-state index contributed by atoms with van der Waals surface area (Å²) in [4.78, 5) is 29.9. The van der Waals surface area contributed by atoms with E-state index in [1.165, 1.54) is 18.6 Å². The summed E-state index contributed by atoms with van der Waals surface area (Å²) in [5, 5.41) is 0. The molecule has 1 fully saturated rings. The Labute approximate surface area is 185 Å². The van der Waals surface area contributed by atoms with Gasteiger partial charge >= 0.3 is 0 Å². The number of aromatic nitrogens is 4. The van der Waals surface area contributed by atoms with E-state index < -0.39 is 0 Å². The third kappa shape index (κ3) is 3.86. The number of rotatable bonds is 5. The number of aromatic amines is 1. The number of piperidine rings is 1. The van der Waals surface area contributed by atoms with Gasteiger partial charge in [-0.1, -0.05) is 6.07 Å². The van der Waals surface area contributed by atoms with Crippen LogP contribution in [0.1, 0.15) is 46.8 Å². The second-order valence-corrected chi connectivity index (χ2v) is 8.66. The number of hydrogen-bond acceptors (Lipinski definition) is 4. The van der Waals surface area contributed by atoms with E-state index in [9.17, 15) is 9.18 Å². The van der Waals surface area contributed by atoms with Crippen LogP contribution in [0.5, 0.6) is 0 Å². The lowest BCUT2D eigenvalue weighted by atomic mass is 10.1. The standard InChI is InChI=1S/C24H27FN6O/c1-16-7-6-12-31-20(22(28-23(16)31)24(32)30-10-4-3-5-11-30)14-29(2)15-21-26-18-9-8-17(25)13-19(18)27-21/h6-9,12-13H,3-5,10-11,14-15H2,1-2H3,(H,26,27). The van der Waals surface area contributed by atoms with Crippen LogP contribution in [-0.2, 0) is 13.1 Å². The molecule has 1 aromatic carbocycles. The van der Waals surface area contributed by atoms with Crippen molar-refractivity contribution < 1.29 is 9.18 Å². The Morgan fingerprint density at radius 3 is 2.78 bits per heavy atom. The smallest absolute Gasteiger partial charge is 0.274 e. The first kappa shape index (κ1) is 20.6. The normalized spacial score (nSPS) is 14.7. The van der Waals surface area contributed by atoms with E-state index in [4.69, 9.17) is 4.98 Å². The first-order valence-electron chi connectivity index (χ1n) is 11.1. The number of halogens is 1. The molecule has 0 aliphatic carbocycles. The third-order valence-electron chi connectivity index (χ3n) is 6.12. The van der Waals surface area contributed by atoms with Gasteiger partial charge in [-0.25, -0.2) is 14.4 Å². The molecule has 0 radical (unpaired) electrons. The molecule has 4 aromatic rings. The number of nitrogens with one attached hydrogen (secondary N) is 1. The van der Waals surface area contributed by atoms with Crippen LogP contribution < -0.4 is 0 Å². The number of hydrogen-bond donors (Lipinski definition) is 1. The summed E-state index contributed by atoms with van der Waals surface area (Å²) in [5.74, 6) is 0.473. The van der Waals surface area contributed by atoms with Gasteiger partial charge in [0.1, 0.15) is 17.3 Å². The van der Waals surface area contributed by atoms with E-state index >= 15 is 0 Å². The average Bonchev–Trinajstić information content (AvgIpc) is 3.35. The Hall–Kier alpha value is -3.26. The quantitative estimate of drug-likeness (QED) is 0.517. The number of imidazole rings is 2. The second-order valence-electron chi connectivity index (χ2n) is 8.66. The van der Waals surface area contributed by atoms with Gasteiger partial charge in [-0.2, -0.15) is 0 Å². The zero-order valence-corrected chi connectivity index (χ0v) is 18.4. The molecule has 1 amide bonds. The highest BCUT2D eigenvalue weighted by Crippen LogP contribution is 2.22. The largest absolute Gasteiger partial charge is 0.341 e. The fourth-order valence-electron chi connectivity index (χ4n) is 4.50. The molecule has 0 spiro atoms. The van der Waals surface area contributed by atoms with Crippen LogP contribution >= 0.6 is 0 Å². The Bertz CT molecular complexity index is 1290. The van der Waals surface area contributed by atoms with Crippen LogP contribution in [0, 0.1) is 12.7 Å². The van der Waals surface area contributed by atoms with Gasteiger partial charge in [0.25, 0.3) is 5.91 Å². The molecule has 0 bridgehead atoms. The molecule has 0 atom stereocenters. The lowest BCUT2D eigenvalue weighted by Crippen LogP contribution is -2.36. The topological polar surface area (TPSA) is 69.5 Å². The summed E-state index contributed by atoms with van der Waals surface area (Å²) < 4.78 is 15.5. The number of nitrogens with zero attached hydrogens (tertiary/aromatic N) is 5. The minimum Gasteiger partial charge on any atom is -0.341 e. The summed E-state index contributed by atoms with van der Waals surface area (Å²) in [5.41, 5.74) is 4.67. The van der Waals surface area contributed by atoms with Crippen molar-refractivity contribution in [2.24, 2.45) is 0 Å². The van der Waals surface area contributed by atoms with Crippen LogP contribution in [0.4, 0.5) is 4.39 Å². The Balaban J connectivity index is 1.45. The summed E-state index contributed by atoms with van der Waals surface area (Å²) in [6, 6.07) is 8.53. The molecular weight excluding hydrogens is 407 g/mol. The molecule has 4 heterocycles. The molecule has 1 aliphatic rings. The van der Waals surface area contributed by atoms with Crippen molar-refractivity contribution in [3.8, 4) is 0 Å². The fourth-order valence-corrected chi connectivity index (χ4v) is 4.50. The lowest BCUT2D eigenvalue weighted by Gasteiger charge is -2.26. The zero-order valence-electron chi connectivity index (χ0n) is 18.4. The SMILES string of the molecule is Cc1cccn2c(CN(C)Cc3nc4ccc(F)cc4[nH]3)c(C(=O)N3CCCCC3)nc12. The highest BCUT2D eigenvalue weighted by molar-refractivity contribution is 5.94. The van der Waals surface area contributed by atoms with E-state index in [1.807, 2.05) is 41.6 Å². The second kappa shape index (κ2) is 8.35. The molecule has 8 heteroatoms. The highest BCUT2D eigenvalue weighted by atomic mass is 19.1. The third-order valence-corrected chi connectivity index (χ3v) is 6.12. The predicted octanol–water partition coefficient (Wildman–Crippen LogP) is 3.92. The molecule has 1 saturated heterocycles.